The van der Waals surface area contributed by atoms with Crippen molar-refractivity contribution >= 4 is 15.9 Å². The maximum atomic E-state index is 13.6. The molecule has 0 radical (unpaired) electrons. The second-order valence-electron chi connectivity index (χ2n) is 5.68. The van der Waals surface area contributed by atoms with E-state index in [0.717, 1.165) is 37.5 Å². The number of alkyl halides is 1. The van der Waals surface area contributed by atoms with Gasteiger partial charge in [0.05, 0.1) is 0 Å². The summed E-state index contributed by atoms with van der Waals surface area (Å²) in [5.41, 5.74) is 0.122. The van der Waals surface area contributed by atoms with Crippen molar-refractivity contribution in [2.45, 2.75) is 49.5 Å². The molecule has 0 aliphatic heterocycles. The van der Waals surface area contributed by atoms with Crippen LogP contribution < -0.4 is 4.74 Å². The van der Waals surface area contributed by atoms with Gasteiger partial charge in [-0.15, -0.1) is 0 Å². The molecule has 2 unspecified atom stereocenters. The average molecular weight is 331 g/mol. The highest BCUT2D eigenvalue weighted by Gasteiger charge is 2.55. The Kier molecular flexibility index (Phi) is 3.54. The highest BCUT2D eigenvalue weighted by atomic mass is 79.9. The van der Waals surface area contributed by atoms with Gasteiger partial charge in [-0.1, -0.05) is 35.2 Å². The first-order chi connectivity index (χ1) is 9.12. The normalized spacial score (nSPS) is 29.0. The van der Waals surface area contributed by atoms with Crippen molar-refractivity contribution in [1.29, 1.82) is 0 Å². The van der Waals surface area contributed by atoms with Gasteiger partial charge in [-0.2, -0.15) is 0 Å². The number of rotatable bonds is 2. The van der Waals surface area contributed by atoms with Gasteiger partial charge in [0, 0.05) is 16.3 Å². The van der Waals surface area contributed by atoms with E-state index < -0.39 is 11.6 Å². The second kappa shape index (κ2) is 5.04. The van der Waals surface area contributed by atoms with Crippen molar-refractivity contribution in [2.24, 2.45) is 5.41 Å². The third-order valence-corrected chi connectivity index (χ3v) is 5.92. The molecule has 104 valence electrons. The molecule has 2 fully saturated rings. The Morgan fingerprint density at radius 3 is 2.58 bits per heavy atom. The molecule has 0 aromatic heterocycles. The maximum Gasteiger partial charge on any atom is 0.165 e. The predicted octanol–water partition coefficient (Wildman–Crippen LogP) is 4.83. The van der Waals surface area contributed by atoms with Gasteiger partial charge in [-0.25, -0.2) is 8.78 Å². The van der Waals surface area contributed by atoms with Gasteiger partial charge in [-0.3, -0.25) is 0 Å². The molecule has 19 heavy (non-hydrogen) atoms. The Bertz CT molecular complexity index is 471. The van der Waals surface area contributed by atoms with Crippen LogP contribution in [0.3, 0.4) is 0 Å². The standard InChI is InChI=1S/C15H17BrF2O/c16-13-9-14(15(13)6-2-1-3-7-15)19-12-8-10(17)4-5-11(12)18/h4-5,8,13-14H,1-3,6-7,9H2. The average Bonchev–Trinajstić information content (AvgIpc) is 2.43. The quantitative estimate of drug-likeness (QED) is 0.706. The van der Waals surface area contributed by atoms with E-state index in [1.807, 2.05) is 0 Å². The molecule has 0 N–H and O–H groups in total. The van der Waals surface area contributed by atoms with E-state index in [4.69, 9.17) is 4.74 Å². The van der Waals surface area contributed by atoms with Gasteiger partial charge in [0.15, 0.2) is 11.6 Å². The Morgan fingerprint density at radius 2 is 1.89 bits per heavy atom. The molecule has 0 bridgehead atoms. The number of hydrogen-bond donors (Lipinski definition) is 0. The molecule has 0 amide bonds. The van der Waals surface area contributed by atoms with Gasteiger partial charge in [0.25, 0.3) is 0 Å². The molecule has 2 aliphatic carbocycles. The Morgan fingerprint density at radius 1 is 1.16 bits per heavy atom. The van der Waals surface area contributed by atoms with Crippen molar-refractivity contribution in [1.82, 2.24) is 0 Å². The lowest BCUT2D eigenvalue weighted by atomic mass is 9.58. The largest absolute Gasteiger partial charge is 0.487 e. The van der Waals surface area contributed by atoms with Crippen LogP contribution in [0.5, 0.6) is 5.75 Å². The van der Waals surface area contributed by atoms with Crippen LogP contribution in [-0.4, -0.2) is 10.9 Å². The molecule has 0 heterocycles. The van der Waals surface area contributed by atoms with E-state index in [1.54, 1.807) is 0 Å². The fourth-order valence-corrected chi connectivity index (χ4v) is 4.52. The SMILES string of the molecule is Fc1ccc(F)c(OC2CC(Br)C23CCCCC3)c1. The minimum atomic E-state index is -0.481. The van der Waals surface area contributed by atoms with Gasteiger partial charge in [0.1, 0.15) is 11.9 Å². The Labute approximate surface area is 120 Å². The Balaban J connectivity index is 1.78. The summed E-state index contributed by atoms with van der Waals surface area (Å²) in [5, 5.41) is 0. The van der Waals surface area contributed by atoms with E-state index in [-0.39, 0.29) is 17.3 Å². The van der Waals surface area contributed by atoms with E-state index >= 15 is 0 Å². The number of halogens is 3. The van der Waals surface area contributed by atoms with Crippen LogP contribution in [0.4, 0.5) is 8.78 Å². The third-order valence-electron chi connectivity index (χ3n) is 4.63. The number of benzene rings is 1. The molecule has 1 spiro atoms. The van der Waals surface area contributed by atoms with Crippen molar-refractivity contribution in [2.75, 3.05) is 0 Å². The van der Waals surface area contributed by atoms with Crippen molar-refractivity contribution < 1.29 is 13.5 Å². The minimum absolute atomic E-state index is 0.00785. The molecular weight excluding hydrogens is 314 g/mol. The maximum absolute atomic E-state index is 13.6. The molecule has 4 heteroatoms. The van der Waals surface area contributed by atoms with Gasteiger partial charge in [-0.05, 0) is 31.4 Å². The molecule has 3 rings (SSSR count). The van der Waals surface area contributed by atoms with Crippen LogP contribution in [0.15, 0.2) is 18.2 Å². The topological polar surface area (TPSA) is 9.23 Å². The molecule has 1 aromatic carbocycles. The van der Waals surface area contributed by atoms with Crippen LogP contribution in [0.2, 0.25) is 0 Å². The van der Waals surface area contributed by atoms with Crippen molar-refractivity contribution in [3.05, 3.63) is 29.8 Å². The van der Waals surface area contributed by atoms with Gasteiger partial charge >= 0.3 is 0 Å². The zero-order valence-electron chi connectivity index (χ0n) is 10.7. The summed E-state index contributed by atoms with van der Waals surface area (Å²) in [7, 11) is 0. The lowest BCUT2D eigenvalue weighted by Gasteiger charge is -2.55. The predicted molar refractivity (Wildman–Crippen MR) is 73.6 cm³/mol. The summed E-state index contributed by atoms with van der Waals surface area (Å²) in [6, 6.07) is 3.39. The van der Waals surface area contributed by atoms with Crippen LogP contribution in [0, 0.1) is 17.0 Å². The first kappa shape index (κ1) is 13.3. The monoisotopic (exact) mass is 330 g/mol. The summed E-state index contributed by atoms with van der Waals surface area (Å²) in [6.07, 6.45) is 6.78. The van der Waals surface area contributed by atoms with Gasteiger partial charge < -0.3 is 4.74 Å². The zero-order valence-corrected chi connectivity index (χ0v) is 12.3. The fourth-order valence-electron chi connectivity index (χ4n) is 3.43. The smallest absolute Gasteiger partial charge is 0.165 e. The second-order valence-corrected chi connectivity index (χ2v) is 6.78. The lowest BCUT2D eigenvalue weighted by molar-refractivity contribution is -0.0618. The molecule has 1 nitrogen and oxygen atoms in total. The number of hydrogen-bond acceptors (Lipinski definition) is 1. The fraction of sp³-hybridized carbons (Fsp3) is 0.600. The first-order valence-electron chi connectivity index (χ1n) is 6.87. The van der Waals surface area contributed by atoms with E-state index in [2.05, 4.69) is 15.9 Å². The lowest BCUT2D eigenvalue weighted by Crippen LogP contribution is -2.57. The van der Waals surface area contributed by atoms with Crippen molar-refractivity contribution in [3.8, 4) is 5.75 Å². The molecule has 1 aromatic rings. The van der Waals surface area contributed by atoms with Crippen molar-refractivity contribution in [3.63, 3.8) is 0 Å². The van der Waals surface area contributed by atoms with E-state index in [9.17, 15) is 8.78 Å². The third kappa shape index (κ3) is 2.28. The number of ether oxygens (including phenoxy) is 1. The van der Waals surface area contributed by atoms with E-state index in [1.165, 1.54) is 19.3 Å². The summed E-state index contributed by atoms with van der Waals surface area (Å²) in [5.74, 6) is -0.886. The summed E-state index contributed by atoms with van der Waals surface area (Å²) >= 11 is 3.72. The van der Waals surface area contributed by atoms with Crippen LogP contribution in [0.25, 0.3) is 0 Å². The summed E-state index contributed by atoms with van der Waals surface area (Å²) < 4.78 is 32.6. The molecular formula is C15H17BrF2O. The summed E-state index contributed by atoms with van der Waals surface area (Å²) in [6.45, 7) is 0. The van der Waals surface area contributed by atoms with E-state index in [0.29, 0.717) is 4.83 Å². The molecule has 2 atom stereocenters. The minimum Gasteiger partial charge on any atom is -0.487 e. The van der Waals surface area contributed by atoms with Crippen LogP contribution in [-0.2, 0) is 0 Å². The van der Waals surface area contributed by atoms with Crippen LogP contribution in [0.1, 0.15) is 38.5 Å². The zero-order chi connectivity index (χ0) is 13.5. The highest BCUT2D eigenvalue weighted by Crippen LogP contribution is 2.56. The molecule has 0 saturated heterocycles. The molecule has 2 saturated carbocycles. The highest BCUT2D eigenvalue weighted by molar-refractivity contribution is 9.09. The first-order valence-corrected chi connectivity index (χ1v) is 7.79. The summed E-state index contributed by atoms with van der Waals surface area (Å²) in [4.78, 5) is 0.446. The van der Waals surface area contributed by atoms with Crippen LogP contribution >= 0.6 is 15.9 Å². The van der Waals surface area contributed by atoms with Gasteiger partial charge in [0.2, 0.25) is 0 Å². The Hall–Kier alpha value is -0.640. The molecule has 2 aliphatic rings.